The Bertz CT molecular complexity index is 1410. The van der Waals surface area contributed by atoms with E-state index in [-0.39, 0.29) is 6.01 Å². The molecule has 0 radical (unpaired) electrons. The first-order valence-electron chi connectivity index (χ1n) is 10.3. The van der Waals surface area contributed by atoms with E-state index in [9.17, 15) is 4.79 Å². The molecule has 0 spiro atoms. The van der Waals surface area contributed by atoms with E-state index in [1.54, 1.807) is 60.3 Å². The minimum absolute atomic E-state index is 0.150. The third-order valence-corrected chi connectivity index (χ3v) is 5.02. The Hall–Kier alpha value is -4.59. The van der Waals surface area contributed by atoms with Crippen molar-refractivity contribution in [1.82, 2.24) is 19.9 Å². The number of para-hydroxylation sites is 1. The van der Waals surface area contributed by atoms with Crippen molar-refractivity contribution in [3.05, 3.63) is 113 Å². The van der Waals surface area contributed by atoms with Gasteiger partial charge in [0.05, 0.1) is 23.8 Å². The number of aromatic nitrogens is 4. The van der Waals surface area contributed by atoms with E-state index < -0.39 is 5.56 Å². The number of hydrogen-bond acceptors (Lipinski definition) is 8. The highest BCUT2D eigenvalue weighted by atomic mass is 16.5. The van der Waals surface area contributed by atoms with Crippen LogP contribution in [0, 0.1) is 0 Å². The molecule has 4 heterocycles. The molecule has 0 unspecified atom stereocenters. The quantitative estimate of drug-likeness (QED) is 0.372. The third-order valence-electron chi connectivity index (χ3n) is 5.02. The van der Waals surface area contributed by atoms with E-state index in [4.69, 9.17) is 9.15 Å². The van der Waals surface area contributed by atoms with Crippen molar-refractivity contribution in [1.29, 1.82) is 0 Å². The van der Waals surface area contributed by atoms with Gasteiger partial charge in [-0.15, -0.1) is 0 Å². The van der Waals surface area contributed by atoms with Gasteiger partial charge in [0.15, 0.2) is 11.3 Å². The molecule has 0 aliphatic heterocycles. The molecule has 0 saturated carbocycles. The topological polar surface area (TPSA) is 94.2 Å². The summed E-state index contributed by atoms with van der Waals surface area (Å²) in [6, 6.07) is 16.6. The highest BCUT2D eigenvalue weighted by Gasteiger charge is 2.19. The number of fused-ring (bicyclic) bond motifs is 1. The first kappa shape index (κ1) is 20.3. The van der Waals surface area contributed by atoms with Crippen LogP contribution >= 0.6 is 0 Å². The molecule has 0 fully saturated rings. The molecule has 0 bridgehead atoms. The standard InChI is InChI=1S/C25H19N5O3/c31-24-21-4-1-5-22(32-17-19-8-13-27-14-9-19)23(21)33-25(29-24)30(20-3-2-10-28-15-20)16-18-6-11-26-12-7-18/h1-15H,16-17H2. The lowest BCUT2D eigenvalue weighted by molar-refractivity contribution is 0.304. The molecule has 1 aromatic carbocycles. The van der Waals surface area contributed by atoms with Crippen LogP contribution in [0.1, 0.15) is 11.1 Å². The van der Waals surface area contributed by atoms with Crippen LogP contribution in [-0.4, -0.2) is 19.9 Å². The third kappa shape index (κ3) is 4.54. The van der Waals surface area contributed by atoms with Gasteiger partial charge in [0.2, 0.25) is 0 Å². The van der Waals surface area contributed by atoms with Crippen LogP contribution in [0.3, 0.4) is 0 Å². The van der Waals surface area contributed by atoms with Crippen molar-refractivity contribution < 1.29 is 9.15 Å². The second-order valence-corrected chi connectivity index (χ2v) is 7.23. The maximum absolute atomic E-state index is 12.9. The predicted octanol–water partition coefficient (Wildman–Crippen LogP) is 4.29. The molecule has 5 aromatic rings. The van der Waals surface area contributed by atoms with Gasteiger partial charge in [0.25, 0.3) is 5.56 Å². The zero-order valence-corrected chi connectivity index (χ0v) is 17.5. The second kappa shape index (κ2) is 9.27. The molecule has 8 heteroatoms. The molecule has 0 N–H and O–H groups in total. The fourth-order valence-electron chi connectivity index (χ4n) is 3.37. The average Bonchev–Trinajstić information content (AvgIpc) is 2.88. The van der Waals surface area contributed by atoms with E-state index in [0.717, 1.165) is 16.8 Å². The minimum atomic E-state index is -0.399. The molecular weight excluding hydrogens is 418 g/mol. The summed E-state index contributed by atoms with van der Waals surface area (Å²) in [6.45, 7) is 0.724. The molecule has 0 aliphatic carbocycles. The van der Waals surface area contributed by atoms with Crippen molar-refractivity contribution in [3.8, 4) is 5.75 Å². The van der Waals surface area contributed by atoms with Crippen LogP contribution in [0.15, 0.2) is 101 Å². The van der Waals surface area contributed by atoms with E-state index in [1.807, 2.05) is 36.4 Å². The molecule has 4 aromatic heterocycles. The van der Waals surface area contributed by atoms with Gasteiger partial charge in [-0.2, -0.15) is 4.98 Å². The van der Waals surface area contributed by atoms with Crippen molar-refractivity contribution in [2.24, 2.45) is 0 Å². The first-order valence-corrected chi connectivity index (χ1v) is 10.3. The summed E-state index contributed by atoms with van der Waals surface area (Å²) in [5.41, 5.74) is 2.60. The Balaban J connectivity index is 1.57. The molecule has 33 heavy (non-hydrogen) atoms. The van der Waals surface area contributed by atoms with Gasteiger partial charge in [0, 0.05) is 31.0 Å². The van der Waals surface area contributed by atoms with Gasteiger partial charge in [-0.1, -0.05) is 6.07 Å². The lowest BCUT2D eigenvalue weighted by atomic mass is 10.2. The molecule has 162 valence electrons. The van der Waals surface area contributed by atoms with Crippen molar-refractivity contribution in [2.75, 3.05) is 4.90 Å². The van der Waals surface area contributed by atoms with Crippen molar-refractivity contribution >= 4 is 22.7 Å². The van der Waals surface area contributed by atoms with Crippen LogP contribution in [0.2, 0.25) is 0 Å². The summed E-state index contributed by atoms with van der Waals surface area (Å²) < 4.78 is 12.2. The molecule has 8 nitrogen and oxygen atoms in total. The normalized spacial score (nSPS) is 10.8. The number of benzene rings is 1. The Morgan fingerprint density at radius 3 is 2.30 bits per heavy atom. The maximum Gasteiger partial charge on any atom is 0.306 e. The van der Waals surface area contributed by atoms with Crippen LogP contribution in [-0.2, 0) is 13.2 Å². The van der Waals surface area contributed by atoms with Gasteiger partial charge >= 0.3 is 6.01 Å². The van der Waals surface area contributed by atoms with Crippen molar-refractivity contribution in [2.45, 2.75) is 13.2 Å². The SMILES string of the molecule is O=c1nc(N(Cc2ccncc2)c2cccnc2)oc2c(OCc3ccncc3)cccc12. The van der Waals surface area contributed by atoms with Crippen LogP contribution in [0.25, 0.3) is 11.0 Å². The summed E-state index contributed by atoms with van der Waals surface area (Å²) in [6.07, 6.45) is 10.2. The summed E-state index contributed by atoms with van der Waals surface area (Å²) >= 11 is 0. The molecule has 0 aliphatic rings. The molecule has 5 rings (SSSR count). The molecule has 0 amide bonds. The summed E-state index contributed by atoms with van der Waals surface area (Å²) in [5, 5.41) is 0.348. The highest BCUT2D eigenvalue weighted by Crippen LogP contribution is 2.30. The number of nitrogens with zero attached hydrogens (tertiary/aromatic N) is 5. The van der Waals surface area contributed by atoms with Crippen LogP contribution in [0.4, 0.5) is 11.7 Å². The zero-order chi connectivity index (χ0) is 22.5. The molecule has 0 saturated heterocycles. The maximum atomic E-state index is 12.9. The molecule has 0 atom stereocenters. The van der Waals surface area contributed by atoms with Gasteiger partial charge in [0.1, 0.15) is 6.61 Å². The number of pyridine rings is 3. The van der Waals surface area contributed by atoms with E-state index in [1.165, 1.54) is 0 Å². The second-order valence-electron chi connectivity index (χ2n) is 7.23. The smallest absolute Gasteiger partial charge is 0.306 e. The largest absolute Gasteiger partial charge is 0.485 e. The first-order chi connectivity index (χ1) is 16.3. The predicted molar refractivity (Wildman–Crippen MR) is 123 cm³/mol. The average molecular weight is 437 g/mol. The van der Waals surface area contributed by atoms with E-state index >= 15 is 0 Å². The Kier molecular flexibility index (Phi) is 5.71. The minimum Gasteiger partial charge on any atom is -0.485 e. The Labute approximate surface area is 189 Å². The summed E-state index contributed by atoms with van der Waals surface area (Å²) in [4.78, 5) is 31.2. The number of rotatable bonds is 7. The number of anilines is 2. The van der Waals surface area contributed by atoms with E-state index in [0.29, 0.717) is 29.9 Å². The lowest BCUT2D eigenvalue weighted by Gasteiger charge is -2.22. The summed E-state index contributed by atoms with van der Waals surface area (Å²) in [7, 11) is 0. The van der Waals surface area contributed by atoms with Gasteiger partial charge in [-0.05, 0) is 59.7 Å². The summed E-state index contributed by atoms with van der Waals surface area (Å²) in [5.74, 6) is 0.458. The highest BCUT2D eigenvalue weighted by molar-refractivity contribution is 5.82. The van der Waals surface area contributed by atoms with Gasteiger partial charge < -0.3 is 9.15 Å². The number of ether oxygens (including phenoxy) is 1. The van der Waals surface area contributed by atoms with Crippen LogP contribution in [0.5, 0.6) is 5.75 Å². The van der Waals surface area contributed by atoms with Gasteiger partial charge in [-0.25, -0.2) is 0 Å². The zero-order valence-electron chi connectivity index (χ0n) is 17.5. The Morgan fingerprint density at radius 1 is 0.818 bits per heavy atom. The lowest BCUT2D eigenvalue weighted by Crippen LogP contribution is -2.21. The van der Waals surface area contributed by atoms with Crippen molar-refractivity contribution in [3.63, 3.8) is 0 Å². The van der Waals surface area contributed by atoms with E-state index in [2.05, 4.69) is 19.9 Å². The Morgan fingerprint density at radius 2 is 1.58 bits per heavy atom. The monoisotopic (exact) mass is 437 g/mol. The molecular formula is C25H19N5O3. The fourth-order valence-corrected chi connectivity index (χ4v) is 3.37. The van der Waals surface area contributed by atoms with Crippen LogP contribution < -0.4 is 15.2 Å². The number of hydrogen-bond donors (Lipinski definition) is 0. The fraction of sp³-hybridized carbons (Fsp3) is 0.0800. The van der Waals surface area contributed by atoms with Gasteiger partial charge in [-0.3, -0.25) is 24.6 Å².